The fourth-order valence-corrected chi connectivity index (χ4v) is 2.77. The predicted octanol–water partition coefficient (Wildman–Crippen LogP) is 3.92. The standard InChI is InChI=1S/C17H13ClN4OS/c18-13-4-1-5-14(9-13)20-16(23)11-24-17-7-6-15(21-22-17)12-3-2-8-19-10-12/h1-10H,11H2,(H,20,23). The highest BCUT2D eigenvalue weighted by molar-refractivity contribution is 7.99. The largest absolute Gasteiger partial charge is 0.325 e. The number of anilines is 1. The molecule has 0 aliphatic heterocycles. The summed E-state index contributed by atoms with van der Waals surface area (Å²) >= 11 is 7.21. The molecule has 5 nitrogen and oxygen atoms in total. The molecule has 1 N–H and O–H groups in total. The summed E-state index contributed by atoms with van der Waals surface area (Å²) in [7, 11) is 0. The Morgan fingerprint density at radius 1 is 1.12 bits per heavy atom. The molecule has 0 bridgehead atoms. The molecule has 0 saturated heterocycles. The van der Waals surface area contributed by atoms with E-state index in [1.165, 1.54) is 11.8 Å². The topological polar surface area (TPSA) is 67.8 Å². The normalized spacial score (nSPS) is 10.4. The van der Waals surface area contributed by atoms with E-state index in [-0.39, 0.29) is 11.7 Å². The minimum absolute atomic E-state index is 0.125. The van der Waals surface area contributed by atoms with Crippen molar-refractivity contribution in [2.45, 2.75) is 5.03 Å². The monoisotopic (exact) mass is 356 g/mol. The summed E-state index contributed by atoms with van der Waals surface area (Å²) in [5, 5.41) is 12.3. The maximum Gasteiger partial charge on any atom is 0.234 e. The lowest BCUT2D eigenvalue weighted by Gasteiger charge is -2.05. The van der Waals surface area contributed by atoms with E-state index in [0.717, 1.165) is 11.3 Å². The van der Waals surface area contributed by atoms with Gasteiger partial charge in [-0.3, -0.25) is 9.78 Å². The molecule has 0 radical (unpaired) electrons. The minimum atomic E-state index is -0.125. The van der Waals surface area contributed by atoms with Crippen LogP contribution >= 0.6 is 23.4 Å². The van der Waals surface area contributed by atoms with Gasteiger partial charge in [-0.25, -0.2) is 0 Å². The van der Waals surface area contributed by atoms with Gasteiger partial charge in [0.05, 0.1) is 11.4 Å². The van der Waals surface area contributed by atoms with Crippen molar-refractivity contribution >= 4 is 35.0 Å². The molecule has 0 aliphatic carbocycles. The van der Waals surface area contributed by atoms with E-state index in [2.05, 4.69) is 20.5 Å². The summed E-state index contributed by atoms with van der Waals surface area (Å²) in [6.45, 7) is 0. The van der Waals surface area contributed by atoms with Crippen molar-refractivity contribution in [3.63, 3.8) is 0 Å². The summed E-state index contributed by atoms with van der Waals surface area (Å²) in [6, 6.07) is 14.5. The number of hydrogen-bond acceptors (Lipinski definition) is 5. The van der Waals surface area contributed by atoms with Gasteiger partial charge in [-0.05, 0) is 42.5 Å². The third-order valence-electron chi connectivity index (χ3n) is 3.06. The third-order valence-corrected chi connectivity index (χ3v) is 4.21. The number of nitrogens with one attached hydrogen (secondary N) is 1. The summed E-state index contributed by atoms with van der Waals surface area (Å²) in [5.74, 6) is 0.119. The molecule has 0 unspecified atom stereocenters. The SMILES string of the molecule is O=C(CSc1ccc(-c2cccnc2)nn1)Nc1cccc(Cl)c1. The molecule has 7 heteroatoms. The van der Waals surface area contributed by atoms with Crippen LogP contribution in [0.15, 0.2) is 66.0 Å². The van der Waals surface area contributed by atoms with Crippen LogP contribution in [-0.2, 0) is 4.79 Å². The van der Waals surface area contributed by atoms with Gasteiger partial charge in [0.1, 0.15) is 5.03 Å². The molecule has 3 aromatic rings. The van der Waals surface area contributed by atoms with Crippen LogP contribution in [0.4, 0.5) is 5.69 Å². The van der Waals surface area contributed by atoms with Crippen molar-refractivity contribution in [2.24, 2.45) is 0 Å². The number of benzene rings is 1. The van der Waals surface area contributed by atoms with Crippen LogP contribution in [0.2, 0.25) is 5.02 Å². The Kier molecular flexibility index (Phi) is 5.40. The first-order valence-electron chi connectivity index (χ1n) is 7.13. The van der Waals surface area contributed by atoms with E-state index in [9.17, 15) is 4.79 Å². The summed E-state index contributed by atoms with van der Waals surface area (Å²) in [5.41, 5.74) is 2.32. The zero-order valence-electron chi connectivity index (χ0n) is 12.5. The lowest BCUT2D eigenvalue weighted by atomic mass is 10.2. The van der Waals surface area contributed by atoms with Gasteiger partial charge in [0.2, 0.25) is 5.91 Å². The molecule has 2 heterocycles. The molecule has 0 aliphatic rings. The molecule has 0 fully saturated rings. The second-order valence-electron chi connectivity index (χ2n) is 4.85. The quantitative estimate of drug-likeness (QED) is 0.702. The zero-order chi connectivity index (χ0) is 16.8. The van der Waals surface area contributed by atoms with Crippen molar-refractivity contribution < 1.29 is 4.79 Å². The third kappa shape index (κ3) is 4.53. The van der Waals surface area contributed by atoms with Crippen molar-refractivity contribution in [2.75, 3.05) is 11.1 Å². The molecule has 0 spiro atoms. The van der Waals surface area contributed by atoms with E-state index >= 15 is 0 Å². The van der Waals surface area contributed by atoms with E-state index in [4.69, 9.17) is 11.6 Å². The average molecular weight is 357 g/mol. The maximum absolute atomic E-state index is 12.0. The lowest BCUT2D eigenvalue weighted by Crippen LogP contribution is -2.14. The fraction of sp³-hybridized carbons (Fsp3) is 0.0588. The number of thioether (sulfide) groups is 1. The van der Waals surface area contributed by atoms with Gasteiger partial charge in [0.25, 0.3) is 0 Å². The van der Waals surface area contributed by atoms with E-state index in [1.54, 1.807) is 36.7 Å². The molecule has 0 atom stereocenters. The van der Waals surface area contributed by atoms with Crippen LogP contribution in [0.3, 0.4) is 0 Å². The molecular formula is C17H13ClN4OS. The zero-order valence-corrected chi connectivity index (χ0v) is 14.1. The van der Waals surface area contributed by atoms with Gasteiger partial charge in [-0.15, -0.1) is 10.2 Å². The molecule has 3 rings (SSSR count). The van der Waals surface area contributed by atoms with Crippen LogP contribution < -0.4 is 5.32 Å². The number of carbonyl (C=O) groups is 1. The van der Waals surface area contributed by atoms with E-state index < -0.39 is 0 Å². The Balaban J connectivity index is 1.56. The number of amides is 1. The number of pyridine rings is 1. The van der Waals surface area contributed by atoms with E-state index in [1.807, 2.05) is 24.3 Å². The minimum Gasteiger partial charge on any atom is -0.325 e. The van der Waals surface area contributed by atoms with Crippen LogP contribution in [0, 0.1) is 0 Å². The van der Waals surface area contributed by atoms with Gasteiger partial charge in [-0.1, -0.05) is 29.4 Å². The number of hydrogen-bond donors (Lipinski definition) is 1. The van der Waals surface area contributed by atoms with Crippen molar-refractivity contribution in [1.82, 2.24) is 15.2 Å². The second-order valence-corrected chi connectivity index (χ2v) is 6.28. The molecule has 120 valence electrons. The van der Waals surface area contributed by atoms with Crippen molar-refractivity contribution in [3.8, 4) is 11.3 Å². The highest BCUT2D eigenvalue weighted by Crippen LogP contribution is 2.20. The number of nitrogens with zero attached hydrogens (tertiary/aromatic N) is 3. The van der Waals surface area contributed by atoms with Gasteiger partial charge in [0.15, 0.2) is 0 Å². The van der Waals surface area contributed by atoms with Gasteiger partial charge < -0.3 is 5.32 Å². The lowest BCUT2D eigenvalue weighted by molar-refractivity contribution is -0.113. The molecule has 2 aromatic heterocycles. The first-order valence-corrected chi connectivity index (χ1v) is 8.49. The van der Waals surface area contributed by atoms with Gasteiger partial charge >= 0.3 is 0 Å². The summed E-state index contributed by atoms with van der Waals surface area (Å²) < 4.78 is 0. The van der Waals surface area contributed by atoms with E-state index in [0.29, 0.717) is 15.7 Å². The molecule has 0 saturated carbocycles. The first kappa shape index (κ1) is 16.4. The highest BCUT2D eigenvalue weighted by Gasteiger charge is 2.06. The molecule has 1 amide bonds. The van der Waals surface area contributed by atoms with Crippen LogP contribution in [0.5, 0.6) is 0 Å². The van der Waals surface area contributed by atoms with Crippen LogP contribution in [0.25, 0.3) is 11.3 Å². The molecule has 1 aromatic carbocycles. The summed E-state index contributed by atoms with van der Waals surface area (Å²) in [4.78, 5) is 16.0. The van der Waals surface area contributed by atoms with Crippen molar-refractivity contribution in [3.05, 3.63) is 65.9 Å². The predicted molar refractivity (Wildman–Crippen MR) is 96.1 cm³/mol. The van der Waals surface area contributed by atoms with Gasteiger partial charge in [-0.2, -0.15) is 0 Å². The van der Waals surface area contributed by atoms with Gasteiger partial charge in [0, 0.05) is 28.7 Å². The summed E-state index contributed by atoms with van der Waals surface area (Å²) in [6.07, 6.45) is 3.44. The number of rotatable bonds is 5. The average Bonchev–Trinajstić information content (AvgIpc) is 2.61. The fourth-order valence-electron chi connectivity index (χ4n) is 1.97. The highest BCUT2D eigenvalue weighted by atomic mass is 35.5. The number of aromatic nitrogens is 3. The smallest absolute Gasteiger partial charge is 0.234 e. The van der Waals surface area contributed by atoms with Crippen LogP contribution in [-0.4, -0.2) is 26.8 Å². The second kappa shape index (κ2) is 7.90. The first-order chi connectivity index (χ1) is 11.7. The molecule has 24 heavy (non-hydrogen) atoms. The Morgan fingerprint density at radius 2 is 2.04 bits per heavy atom. The Labute approximate surface area is 148 Å². The Morgan fingerprint density at radius 3 is 2.75 bits per heavy atom. The molecular weight excluding hydrogens is 344 g/mol. The van der Waals surface area contributed by atoms with Crippen molar-refractivity contribution in [1.29, 1.82) is 0 Å². The number of halogens is 1. The Bertz CT molecular complexity index is 828. The number of carbonyl (C=O) groups excluding carboxylic acids is 1. The maximum atomic E-state index is 12.0. The van der Waals surface area contributed by atoms with Crippen LogP contribution in [0.1, 0.15) is 0 Å². The Hall–Kier alpha value is -2.44.